The zero-order valence-electron chi connectivity index (χ0n) is 17.8. The molecule has 1 aromatic rings. The van der Waals surface area contributed by atoms with Crippen molar-refractivity contribution in [3.05, 3.63) is 34.4 Å². The highest BCUT2D eigenvalue weighted by Gasteiger charge is 2.32. The molecule has 0 N–H and O–H groups in total. The van der Waals surface area contributed by atoms with E-state index in [0.717, 1.165) is 5.69 Å². The number of amides is 3. The SMILES string of the molecule is CCN(CC)C(=O)N1CCC(C(=O)N2CCN(c3ccc([N+](=O)[O-])cc3)CC2)CC1. The molecule has 30 heavy (non-hydrogen) atoms. The van der Waals surface area contributed by atoms with E-state index in [-0.39, 0.29) is 23.5 Å². The Balaban J connectivity index is 1.48. The van der Waals surface area contributed by atoms with Crippen LogP contribution in [0.2, 0.25) is 0 Å². The molecule has 9 heteroatoms. The Hall–Kier alpha value is -2.84. The summed E-state index contributed by atoms with van der Waals surface area (Å²) in [6, 6.07) is 6.62. The standard InChI is InChI=1S/C21H31N5O4/c1-3-22(4-2)21(28)25-11-9-17(10-12-25)20(27)24-15-13-23(14-16-24)18-5-7-19(8-6-18)26(29)30/h5-8,17H,3-4,9-16H2,1-2H3. The number of hydrogen-bond donors (Lipinski definition) is 0. The number of likely N-dealkylation sites (tertiary alicyclic amines) is 1. The molecule has 2 heterocycles. The topological polar surface area (TPSA) is 90.2 Å². The molecule has 0 unspecified atom stereocenters. The first-order chi connectivity index (χ1) is 14.4. The minimum atomic E-state index is -0.402. The third kappa shape index (κ3) is 4.83. The Bertz CT molecular complexity index is 749. The first-order valence-electron chi connectivity index (χ1n) is 10.8. The van der Waals surface area contributed by atoms with Crippen LogP contribution in [0.4, 0.5) is 16.2 Å². The molecule has 3 rings (SSSR count). The number of nitro groups is 1. The zero-order chi connectivity index (χ0) is 21.7. The van der Waals surface area contributed by atoms with Gasteiger partial charge in [-0.3, -0.25) is 14.9 Å². The number of urea groups is 1. The molecule has 9 nitrogen and oxygen atoms in total. The van der Waals surface area contributed by atoms with Crippen molar-refractivity contribution in [1.82, 2.24) is 14.7 Å². The number of nitro benzene ring substituents is 1. The van der Waals surface area contributed by atoms with Crippen molar-refractivity contribution in [2.24, 2.45) is 5.92 Å². The zero-order valence-corrected chi connectivity index (χ0v) is 17.8. The molecule has 0 aliphatic carbocycles. The highest BCUT2D eigenvalue weighted by Crippen LogP contribution is 2.24. The number of nitrogens with zero attached hydrogens (tertiary/aromatic N) is 5. The van der Waals surface area contributed by atoms with Gasteiger partial charge in [-0.15, -0.1) is 0 Å². The molecule has 0 atom stereocenters. The summed E-state index contributed by atoms with van der Waals surface area (Å²) in [5.41, 5.74) is 1.02. The average Bonchev–Trinajstić information content (AvgIpc) is 2.79. The number of carbonyl (C=O) groups excluding carboxylic acids is 2. The molecule has 2 aliphatic rings. The Morgan fingerprint density at radius 3 is 2.03 bits per heavy atom. The maximum atomic E-state index is 13.0. The molecule has 3 amide bonds. The van der Waals surface area contributed by atoms with Gasteiger partial charge in [0.15, 0.2) is 0 Å². The van der Waals surface area contributed by atoms with E-state index < -0.39 is 4.92 Å². The second-order valence-electron chi connectivity index (χ2n) is 7.80. The lowest BCUT2D eigenvalue weighted by atomic mass is 9.95. The number of piperazine rings is 1. The summed E-state index contributed by atoms with van der Waals surface area (Å²) in [5.74, 6) is 0.171. The number of benzene rings is 1. The number of carbonyl (C=O) groups is 2. The summed E-state index contributed by atoms with van der Waals surface area (Å²) in [7, 11) is 0. The van der Waals surface area contributed by atoms with E-state index >= 15 is 0 Å². The van der Waals surface area contributed by atoms with Crippen LogP contribution in [0, 0.1) is 16.0 Å². The van der Waals surface area contributed by atoms with Crippen molar-refractivity contribution >= 4 is 23.3 Å². The van der Waals surface area contributed by atoms with Crippen LogP contribution in [0.1, 0.15) is 26.7 Å². The van der Waals surface area contributed by atoms with Crippen molar-refractivity contribution in [1.29, 1.82) is 0 Å². The van der Waals surface area contributed by atoms with Crippen LogP contribution in [-0.2, 0) is 4.79 Å². The van der Waals surface area contributed by atoms with E-state index in [0.29, 0.717) is 65.2 Å². The fourth-order valence-corrected chi connectivity index (χ4v) is 4.24. The molecule has 0 radical (unpaired) electrons. The number of piperidine rings is 1. The van der Waals surface area contributed by atoms with Crippen LogP contribution in [0.25, 0.3) is 0 Å². The van der Waals surface area contributed by atoms with Gasteiger partial charge in [-0.25, -0.2) is 4.79 Å². The Kier molecular flexibility index (Phi) is 7.12. The lowest BCUT2D eigenvalue weighted by Gasteiger charge is -2.40. The molecule has 2 saturated heterocycles. The molecule has 0 bridgehead atoms. The maximum Gasteiger partial charge on any atom is 0.319 e. The predicted molar refractivity (Wildman–Crippen MR) is 115 cm³/mol. The lowest BCUT2D eigenvalue weighted by Crippen LogP contribution is -2.53. The highest BCUT2D eigenvalue weighted by atomic mass is 16.6. The van der Waals surface area contributed by atoms with Gasteiger partial charge in [0, 0.05) is 76.1 Å². The van der Waals surface area contributed by atoms with E-state index in [1.807, 2.05) is 28.5 Å². The number of hydrogen-bond acceptors (Lipinski definition) is 5. The van der Waals surface area contributed by atoms with E-state index in [1.165, 1.54) is 12.1 Å². The quantitative estimate of drug-likeness (QED) is 0.542. The van der Waals surface area contributed by atoms with E-state index in [4.69, 9.17) is 0 Å². The van der Waals surface area contributed by atoms with Gasteiger partial charge >= 0.3 is 6.03 Å². The second kappa shape index (κ2) is 9.77. The van der Waals surface area contributed by atoms with Gasteiger partial charge < -0.3 is 19.6 Å². The molecule has 1 aromatic carbocycles. The summed E-state index contributed by atoms with van der Waals surface area (Å²) >= 11 is 0. The first-order valence-corrected chi connectivity index (χ1v) is 10.8. The Morgan fingerprint density at radius 2 is 1.53 bits per heavy atom. The number of non-ortho nitro benzene ring substituents is 1. The highest BCUT2D eigenvalue weighted by molar-refractivity contribution is 5.80. The fourth-order valence-electron chi connectivity index (χ4n) is 4.24. The van der Waals surface area contributed by atoms with Crippen LogP contribution in [0.5, 0.6) is 0 Å². The smallest absolute Gasteiger partial charge is 0.319 e. The van der Waals surface area contributed by atoms with Gasteiger partial charge in [-0.1, -0.05) is 0 Å². The first kappa shape index (κ1) is 21.9. The van der Waals surface area contributed by atoms with Crippen LogP contribution in [0.15, 0.2) is 24.3 Å². The van der Waals surface area contributed by atoms with Gasteiger partial charge in [0.2, 0.25) is 5.91 Å². The Morgan fingerprint density at radius 1 is 0.967 bits per heavy atom. The van der Waals surface area contributed by atoms with E-state index in [9.17, 15) is 19.7 Å². The van der Waals surface area contributed by atoms with E-state index in [1.54, 1.807) is 12.1 Å². The third-order valence-electron chi connectivity index (χ3n) is 6.17. The Labute approximate surface area is 177 Å². The van der Waals surface area contributed by atoms with Gasteiger partial charge in [0.1, 0.15) is 0 Å². The lowest BCUT2D eigenvalue weighted by molar-refractivity contribution is -0.384. The molecule has 2 fully saturated rings. The van der Waals surface area contributed by atoms with Crippen molar-refractivity contribution in [3.8, 4) is 0 Å². The number of anilines is 1. The summed E-state index contributed by atoms with van der Waals surface area (Å²) in [5, 5.41) is 10.8. The summed E-state index contributed by atoms with van der Waals surface area (Å²) < 4.78 is 0. The maximum absolute atomic E-state index is 13.0. The normalized spacial score (nSPS) is 17.7. The molecular weight excluding hydrogens is 386 g/mol. The van der Waals surface area contributed by atoms with Gasteiger partial charge in [0.05, 0.1) is 4.92 Å². The van der Waals surface area contributed by atoms with Crippen LogP contribution in [0.3, 0.4) is 0 Å². The van der Waals surface area contributed by atoms with Gasteiger partial charge in [-0.2, -0.15) is 0 Å². The average molecular weight is 418 g/mol. The fraction of sp³-hybridized carbons (Fsp3) is 0.619. The van der Waals surface area contributed by atoms with Crippen molar-refractivity contribution in [2.45, 2.75) is 26.7 Å². The largest absolute Gasteiger partial charge is 0.368 e. The van der Waals surface area contributed by atoms with Crippen LogP contribution in [-0.4, -0.2) is 83.9 Å². The number of rotatable bonds is 5. The second-order valence-corrected chi connectivity index (χ2v) is 7.80. The summed E-state index contributed by atoms with van der Waals surface area (Å²) in [6.07, 6.45) is 1.43. The van der Waals surface area contributed by atoms with Crippen LogP contribution < -0.4 is 4.90 Å². The van der Waals surface area contributed by atoms with Crippen molar-refractivity contribution < 1.29 is 14.5 Å². The molecular formula is C21H31N5O4. The minimum Gasteiger partial charge on any atom is -0.368 e. The molecule has 2 aliphatic heterocycles. The summed E-state index contributed by atoms with van der Waals surface area (Å²) in [6.45, 7) is 9.35. The summed E-state index contributed by atoms with van der Waals surface area (Å²) in [4.78, 5) is 43.6. The predicted octanol–water partition coefficient (Wildman–Crippen LogP) is 2.42. The monoisotopic (exact) mass is 417 g/mol. The van der Waals surface area contributed by atoms with Gasteiger partial charge in [0.25, 0.3) is 5.69 Å². The van der Waals surface area contributed by atoms with Crippen LogP contribution >= 0.6 is 0 Å². The van der Waals surface area contributed by atoms with Crippen molar-refractivity contribution in [2.75, 3.05) is 57.3 Å². The minimum absolute atomic E-state index is 0.0170. The molecule has 0 saturated carbocycles. The molecule has 0 aromatic heterocycles. The molecule has 0 spiro atoms. The van der Waals surface area contributed by atoms with Crippen molar-refractivity contribution in [3.63, 3.8) is 0 Å². The molecule has 164 valence electrons. The third-order valence-corrected chi connectivity index (χ3v) is 6.17. The van der Waals surface area contributed by atoms with E-state index in [2.05, 4.69) is 4.90 Å². The van der Waals surface area contributed by atoms with Gasteiger partial charge in [-0.05, 0) is 38.8 Å².